The monoisotopic (exact) mass is 232 g/mol. The van der Waals surface area contributed by atoms with Crippen LogP contribution in [0, 0.1) is 0 Å². The van der Waals surface area contributed by atoms with Crippen molar-refractivity contribution < 1.29 is 14.7 Å². The summed E-state index contributed by atoms with van der Waals surface area (Å²) in [6, 6.07) is -1.26. The summed E-state index contributed by atoms with van der Waals surface area (Å²) in [6.07, 6.45) is 4.25. The van der Waals surface area contributed by atoms with Gasteiger partial charge in [-0.1, -0.05) is 0 Å². The molecule has 2 amide bonds. The number of urea groups is 1. The van der Waals surface area contributed by atoms with Gasteiger partial charge in [-0.25, -0.2) is 4.79 Å². The largest absolute Gasteiger partial charge is 0.480 e. The van der Waals surface area contributed by atoms with E-state index in [0.717, 1.165) is 12.8 Å². The summed E-state index contributed by atoms with van der Waals surface area (Å²) in [4.78, 5) is 21.7. The van der Waals surface area contributed by atoms with Gasteiger partial charge in [-0.3, -0.25) is 4.79 Å². The van der Waals surface area contributed by atoms with E-state index in [-0.39, 0.29) is 4.75 Å². The van der Waals surface area contributed by atoms with Crippen molar-refractivity contribution in [3.05, 3.63) is 0 Å². The van der Waals surface area contributed by atoms with Gasteiger partial charge < -0.3 is 15.7 Å². The fourth-order valence-electron chi connectivity index (χ4n) is 1.14. The van der Waals surface area contributed by atoms with E-state index in [2.05, 4.69) is 10.6 Å². The molecule has 0 saturated heterocycles. The van der Waals surface area contributed by atoms with Crippen molar-refractivity contribution in [2.45, 2.75) is 30.6 Å². The minimum Gasteiger partial charge on any atom is -0.480 e. The predicted molar refractivity (Wildman–Crippen MR) is 59.1 cm³/mol. The highest BCUT2D eigenvalue weighted by molar-refractivity contribution is 8.00. The fourth-order valence-corrected chi connectivity index (χ4v) is 1.87. The van der Waals surface area contributed by atoms with E-state index in [0.29, 0.717) is 6.54 Å². The van der Waals surface area contributed by atoms with Gasteiger partial charge in [-0.05, 0) is 26.0 Å². The fraction of sp³-hybridized carbons (Fsp3) is 0.778. The predicted octanol–water partition coefficient (Wildman–Crippen LogP) is 0.654. The van der Waals surface area contributed by atoms with Gasteiger partial charge in [0.2, 0.25) is 0 Å². The van der Waals surface area contributed by atoms with Crippen LogP contribution in [0.4, 0.5) is 4.79 Å². The number of rotatable bonds is 5. The second-order valence-electron chi connectivity index (χ2n) is 3.77. The zero-order valence-corrected chi connectivity index (χ0v) is 9.69. The number of carbonyl (C=O) groups excluding carboxylic acids is 1. The number of hydrogen-bond donors (Lipinski definition) is 3. The molecule has 0 heterocycles. The van der Waals surface area contributed by atoms with E-state index < -0.39 is 18.0 Å². The van der Waals surface area contributed by atoms with E-state index in [1.54, 1.807) is 11.8 Å². The van der Waals surface area contributed by atoms with Crippen molar-refractivity contribution in [2.24, 2.45) is 0 Å². The summed E-state index contributed by atoms with van der Waals surface area (Å²) in [5, 5.41) is 13.6. The lowest BCUT2D eigenvalue weighted by atomic mass is 10.3. The van der Waals surface area contributed by atoms with Gasteiger partial charge in [-0.2, -0.15) is 11.8 Å². The lowest BCUT2D eigenvalue weighted by Crippen LogP contribution is -2.46. The summed E-state index contributed by atoms with van der Waals surface area (Å²) in [5.41, 5.74) is 0. The first-order valence-corrected chi connectivity index (χ1v) is 6.04. The van der Waals surface area contributed by atoms with Crippen LogP contribution in [0.3, 0.4) is 0 Å². The molecule has 1 aliphatic rings. The number of nitrogens with one attached hydrogen (secondary N) is 2. The van der Waals surface area contributed by atoms with Gasteiger partial charge in [0, 0.05) is 11.3 Å². The number of aliphatic carboxylic acids is 1. The summed E-state index contributed by atoms with van der Waals surface area (Å²) >= 11 is 1.75. The standard InChI is InChI=1S/C9H16N2O3S/c1-6(7(12)13)11-8(14)10-5-9(15-2)3-4-9/h6H,3-5H2,1-2H3,(H,12,13)(H2,10,11,14)/t6-/m0/s1. The molecule has 1 atom stereocenters. The molecule has 0 bridgehead atoms. The van der Waals surface area contributed by atoms with Crippen LogP contribution in [-0.2, 0) is 4.79 Å². The van der Waals surface area contributed by atoms with Crippen molar-refractivity contribution in [1.82, 2.24) is 10.6 Å². The van der Waals surface area contributed by atoms with Crippen LogP contribution in [0.1, 0.15) is 19.8 Å². The van der Waals surface area contributed by atoms with Crippen molar-refractivity contribution in [2.75, 3.05) is 12.8 Å². The molecule has 0 aromatic rings. The Morgan fingerprint density at radius 3 is 2.53 bits per heavy atom. The Hall–Kier alpha value is -0.910. The molecule has 15 heavy (non-hydrogen) atoms. The minimum atomic E-state index is -1.03. The maximum Gasteiger partial charge on any atom is 0.325 e. The topological polar surface area (TPSA) is 78.4 Å². The molecule has 0 spiro atoms. The maximum atomic E-state index is 11.3. The van der Waals surface area contributed by atoms with Crippen molar-refractivity contribution >= 4 is 23.8 Å². The Kier molecular flexibility index (Phi) is 3.84. The van der Waals surface area contributed by atoms with Crippen molar-refractivity contribution in [3.63, 3.8) is 0 Å². The molecule has 86 valence electrons. The highest BCUT2D eigenvalue weighted by Crippen LogP contribution is 2.46. The second kappa shape index (κ2) is 4.74. The molecular weight excluding hydrogens is 216 g/mol. The number of hydrogen-bond acceptors (Lipinski definition) is 3. The first kappa shape index (κ1) is 12.2. The normalized spacial score (nSPS) is 19.1. The average Bonchev–Trinajstić information content (AvgIpc) is 2.95. The Labute approximate surface area is 93.0 Å². The summed E-state index contributed by atoms with van der Waals surface area (Å²) < 4.78 is 0.198. The van der Waals surface area contributed by atoms with Crippen LogP contribution in [0.25, 0.3) is 0 Å². The molecule has 1 saturated carbocycles. The van der Waals surface area contributed by atoms with Crippen LogP contribution in [0.5, 0.6) is 0 Å². The van der Waals surface area contributed by atoms with Crippen LogP contribution >= 0.6 is 11.8 Å². The van der Waals surface area contributed by atoms with Crippen LogP contribution in [0.15, 0.2) is 0 Å². The molecule has 0 aliphatic heterocycles. The average molecular weight is 232 g/mol. The maximum absolute atomic E-state index is 11.3. The molecule has 0 radical (unpaired) electrons. The van der Waals surface area contributed by atoms with E-state index in [9.17, 15) is 9.59 Å². The zero-order chi connectivity index (χ0) is 11.5. The van der Waals surface area contributed by atoms with E-state index in [1.807, 2.05) is 6.26 Å². The van der Waals surface area contributed by atoms with E-state index in [1.165, 1.54) is 6.92 Å². The second-order valence-corrected chi connectivity index (χ2v) is 5.05. The molecule has 1 rings (SSSR count). The number of carboxylic acids is 1. The number of thioether (sulfide) groups is 1. The van der Waals surface area contributed by atoms with Gasteiger partial charge in [0.1, 0.15) is 6.04 Å². The molecule has 1 aliphatic carbocycles. The highest BCUT2D eigenvalue weighted by atomic mass is 32.2. The molecule has 3 N–H and O–H groups in total. The Morgan fingerprint density at radius 2 is 2.13 bits per heavy atom. The molecular formula is C9H16N2O3S. The van der Waals surface area contributed by atoms with Crippen LogP contribution in [0.2, 0.25) is 0 Å². The van der Waals surface area contributed by atoms with Crippen molar-refractivity contribution in [1.29, 1.82) is 0 Å². The zero-order valence-electron chi connectivity index (χ0n) is 8.87. The van der Waals surface area contributed by atoms with Crippen molar-refractivity contribution in [3.8, 4) is 0 Å². The van der Waals surface area contributed by atoms with Crippen LogP contribution < -0.4 is 10.6 Å². The molecule has 0 aromatic carbocycles. The molecule has 0 unspecified atom stereocenters. The highest BCUT2D eigenvalue weighted by Gasteiger charge is 2.41. The molecule has 6 heteroatoms. The number of carboxylic acid groups (broad SMARTS) is 1. The van der Waals surface area contributed by atoms with Gasteiger partial charge in [0.15, 0.2) is 0 Å². The number of amides is 2. The number of carbonyl (C=O) groups is 2. The van der Waals surface area contributed by atoms with Gasteiger partial charge in [0.05, 0.1) is 0 Å². The third kappa shape index (κ3) is 3.62. The molecule has 5 nitrogen and oxygen atoms in total. The SMILES string of the molecule is CSC1(CNC(=O)N[C@@H](C)C(=O)O)CC1. The summed E-state index contributed by atoms with van der Waals surface area (Å²) in [5.74, 6) is -1.03. The first-order valence-electron chi connectivity index (χ1n) is 4.81. The van der Waals surface area contributed by atoms with Gasteiger partial charge in [-0.15, -0.1) is 0 Å². The molecule has 1 fully saturated rings. The third-order valence-corrected chi connectivity index (χ3v) is 3.95. The lowest BCUT2D eigenvalue weighted by Gasteiger charge is -2.15. The van der Waals surface area contributed by atoms with Gasteiger partial charge in [0.25, 0.3) is 0 Å². The van der Waals surface area contributed by atoms with E-state index >= 15 is 0 Å². The first-order chi connectivity index (χ1) is 6.99. The third-order valence-electron chi connectivity index (χ3n) is 2.53. The van der Waals surface area contributed by atoms with Crippen LogP contribution in [-0.4, -0.2) is 40.7 Å². The Bertz CT molecular complexity index is 266. The minimum absolute atomic E-state index is 0.198. The van der Waals surface area contributed by atoms with Gasteiger partial charge >= 0.3 is 12.0 Å². The smallest absolute Gasteiger partial charge is 0.325 e. The quantitative estimate of drug-likeness (QED) is 0.650. The Morgan fingerprint density at radius 1 is 1.53 bits per heavy atom. The lowest BCUT2D eigenvalue weighted by molar-refractivity contribution is -0.138. The van der Waals surface area contributed by atoms with E-state index in [4.69, 9.17) is 5.11 Å². The Balaban J connectivity index is 2.22. The summed E-state index contributed by atoms with van der Waals surface area (Å²) in [6.45, 7) is 2.04. The molecule has 0 aromatic heterocycles. The summed E-state index contributed by atoms with van der Waals surface area (Å²) in [7, 11) is 0.